The fourth-order valence-electron chi connectivity index (χ4n) is 3.82. The predicted octanol–water partition coefficient (Wildman–Crippen LogP) is 5.24. The molecule has 0 aliphatic rings. The normalized spacial score (nSPS) is 11.1. The van der Waals surface area contributed by atoms with E-state index in [0.29, 0.717) is 16.5 Å². The lowest BCUT2D eigenvalue weighted by Gasteiger charge is -2.10. The summed E-state index contributed by atoms with van der Waals surface area (Å²) in [5, 5.41) is 26.5. The van der Waals surface area contributed by atoms with Crippen LogP contribution in [0.1, 0.15) is 5.56 Å². The molecule has 1 aromatic heterocycles. The summed E-state index contributed by atoms with van der Waals surface area (Å²) in [5.41, 5.74) is 4.73. The quantitative estimate of drug-likeness (QED) is 0.133. The third-order valence-corrected chi connectivity index (χ3v) is 6.44. The molecule has 0 fully saturated rings. The number of hydrogen-bond donors (Lipinski definition) is 1. The average Bonchev–Trinajstić information content (AvgIpc) is 3.36. The number of nitro groups is 1. The van der Waals surface area contributed by atoms with Gasteiger partial charge in [-0.05, 0) is 22.9 Å². The summed E-state index contributed by atoms with van der Waals surface area (Å²) < 4.78 is 1.77. The molecule has 9 nitrogen and oxygen atoms in total. The van der Waals surface area contributed by atoms with Gasteiger partial charge >= 0.3 is 0 Å². The summed E-state index contributed by atoms with van der Waals surface area (Å²) in [6, 6.07) is 29.4. The molecule has 0 saturated heterocycles. The number of aromatic nitrogens is 3. The van der Waals surface area contributed by atoms with Crippen LogP contribution >= 0.6 is 11.8 Å². The van der Waals surface area contributed by atoms with Crippen molar-refractivity contribution in [2.24, 2.45) is 5.10 Å². The van der Waals surface area contributed by atoms with Gasteiger partial charge in [0.1, 0.15) is 0 Å². The molecule has 1 N–H and O–H groups in total. The Morgan fingerprint density at radius 2 is 1.73 bits per heavy atom. The van der Waals surface area contributed by atoms with Crippen molar-refractivity contribution in [1.82, 2.24) is 20.2 Å². The van der Waals surface area contributed by atoms with Gasteiger partial charge in [-0.1, -0.05) is 84.6 Å². The van der Waals surface area contributed by atoms with Crippen LogP contribution in [0, 0.1) is 10.1 Å². The molecule has 0 saturated carbocycles. The number of non-ortho nitro benzene ring substituents is 1. The Kier molecular flexibility index (Phi) is 7.00. The molecule has 0 aliphatic heterocycles. The third kappa shape index (κ3) is 5.39. The smallest absolute Gasteiger partial charge is 0.270 e. The van der Waals surface area contributed by atoms with Crippen molar-refractivity contribution in [3.05, 3.63) is 113 Å². The second-order valence-corrected chi connectivity index (χ2v) is 8.88. The maximum Gasteiger partial charge on any atom is 0.270 e. The van der Waals surface area contributed by atoms with Crippen LogP contribution in [0.5, 0.6) is 0 Å². The number of nitro benzene ring substituents is 1. The lowest BCUT2D eigenvalue weighted by molar-refractivity contribution is -0.384. The van der Waals surface area contributed by atoms with Crippen molar-refractivity contribution in [1.29, 1.82) is 0 Å². The lowest BCUT2D eigenvalue weighted by Crippen LogP contribution is -2.20. The van der Waals surface area contributed by atoms with Gasteiger partial charge in [-0.2, -0.15) is 5.10 Å². The maximum atomic E-state index is 12.5. The second kappa shape index (κ2) is 10.8. The van der Waals surface area contributed by atoms with E-state index in [4.69, 9.17) is 0 Å². The molecule has 5 aromatic rings. The van der Waals surface area contributed by atoms with Crippen molar-refractivity contribution >= 4 is 40.3 Å². The Morgan fingerprint density at radius 3 is 2.57 bits per heavy atom. The number of nitrogens with one attached hydrogen (secondary N) is 1. The third-order valence-electron chi connectivity index (χ3n) is 5.51. The van der Waals surface area contributed by atoms with Crippen LogP contribution in [0.3, 0.4) is 0 Å². The van der Waals surface area contributed by atoms with Crippen LogP contribution in [0.2, 0.25) is 0 Å². The molecule has 0 atom stereocenters. The van der Waals surface area contributed by atoms with Crippen molar-refractivity contribution in [2.75, 3.05) is 5.75 Å². The highest BCUT2D eigenvalue weighted by Crippen LogP contribution is 2.29. The number of benzene rings is 4. The number of nitrogens with zero attached hydrogens (tertiary/aromatic N) is 5. The largest absolute Gasteiger partial charge is 0.272 e. The number of thioether (sulfide) groups is 1. The Labute approximate surface area is 216 Å². The van der Waals surface area contributed by atoms with Crippen LogP contribution in [-0.4, -0.2) is 37.6 Å². The first kappa shape index (κ1) is 23.9. The predicted molar refractivity (Wildman–Crippen MR) is 144 cm³/mol. The zero-order valence-corrected chi connectivity index (χ0v) is 20.2. The SMILES string of the molecule is O=C(CSc1nnc(-c2cccc([N+](=O)[O-])c2)n1-c1ccccc1)N/N=C/c1cccc2ccccc12. The number of para-hydroxylation sites is 1. The van der Waals surface area contributed by atoms with E-state index in [0.717, 1.165) is 22.0 Å². The molecule has 1 heterocycles. The number of hydrogen-bond acceptors (Lipinski definition) is 7. The van der Waals surface area contributed by atoms with Crippen LogP contribution in [0.25, 0.3) is 27.8 Å². The Morgan fingerprint density at radius 1 is 0.973 bits per heavy atom. The van der Waals surface area contributed by atoms with Crippen molar-refractivity contribution in [2.45, 2.75) is 5.16 Å². The molecule has 10 heteroatoms. The fraction of sp³-hybridized carbons (Fsp3) is 0.0370. The van der Waals surface area contributed by atoms with Gasteiger partial charge in [0.15, 0.2) is 11.0 Å². The minimum Gasteiger partial charge on any atom is -0.272 e. The van der Waals surface area contributed by atoms with Crippen LogP contribution < -0.4 is 5.43 Å². The summed E-state index contributed by atoms with van der Waals surface area (Å²) in [4.78, 5) is 23.3. The van der Waals surface area contributed by atoms with Gasteiger partial charge in [0.2, 0.25) is 0 Å². The van der Waals surface area contributed by atoms with E-state index in [-0.39, 0.29) is 17.3 Å². The minimum absolute atomic E-state index is 0.0438. The Hall–Kier alpha value is -4.83. The van der Waals surface area contributed by atoms with E-state index in [1.807, 2.05) is 72.8 Å². The maximum absolute atomic E-state index is 12.5. The van der Waals surface area contributed by atoms with Gasteiger partial charge in [-0.25, -0.2) is 5.43 Å². The zero-order chi connectivity index (χ0) is 25.6. The molecule has 4 aromatic carbocycles. The zero-order valence-electron chi connectivity index (χ0n) is 19.4. The number of fused-ring (bicyclic) bond motifs is 1. The number of hydrazone groups is 1. The van der Waals surface area contributed by atoms with E-state index < -0.39 is 4.92 Å². The molecule has 0 unspecified atom stereocenters. The van der Waals surface area contributed by atoms with Gasteiger partial charge in [-0.3, -0.25) is 19.5 Å². The highest BCUT2D eigenvalue weighted by Gasteiger charge is 2.19. The molecule has 182 valence electrons. The van der Waals surface area contributed by atoms with Gasteiger partial charge in [-0.15, -0.1) is 10.2 Å². The fourth-order valence-corrected chi connectivity index (χ4v) is 4.56. The number of carbonyl (C=O) groups excluding carboxylic acids is 1. The first-order chi connectivity index (χ1) is 18.1. The Balaban J connectivity index is 1.34. The first-order valence-electron chi connectivity index (χ1n) is 11.3. The summed E-state index contributed by atoms with van der Waals surface area (Å²) in [7, 11) is 0. The molecule has 5 rings (SSSR count). The topological polar surface area (TPSA) is 115 Å². The van der Waals surface area contributed by atoms with Crippen LogP contribution in [0.4, 0.5) is 5.69 Å². The van der Waals surface area contributed by atoms with Gasteiger partial charge in [0.05, 0.1) is 16.9 Å². The molecule has 37 heavy (non-hydrogen) atoms. The highest BCUT2D eigenvalue weighted by atomic mass is 32.2. The lowest BCUT2D eigenvalue weighted by atomic mass is 10.1. The standard InChI is InChI=1S/C27H20N6O3S/c34-25(29-28-17-21-11-6-9-19-8-4-5-15-24(19)21)18-37-27-31-30-26(32(27)22-12-2-1-3-13-22)20-10-7-14-23(16-20)33(35)36/h1-17H,18H2,(H,29,34)/b28-17+. The number of amides is 1. The van der Waals surface area contributed by atoms with E-state index in [1.165, 1.54) is 23.9 Å². The summed E-state index contributed by atoms with van der Waals surface area (Å²) in [6.45, 7) is 0. The summed E-state index contributed by atoms with van der Waals surface area (Å²) in [5.74, 6) is 0.181. The highest BCUT2D eigenvalue weighted by molar-refractivity contribution is 7.99. The first-order valence-corrected chi connectivity index (χ1v) is 12.3. The second-order valence-electron chi connectivity index (χ2n) is 7.93. The van der Waals surface area contributed by atoms with Gasteiger partial charge < -0.3 is 0 Å². The molecular weight excluding hydrogens is 488 g/mol. The summed E-state index contributed by atoms with van der Waals surface area (Å²) >= 11 is 1.19. The number of carbonyl (C=O) groups is 1. The Bertz CT molecular complexity index is 1610. The van der Waals surface area contributed by atoms with Gasteiger partial charge in [0.25, 0.3) is 11.6 Å². The minimum atomic E-state index is -0.453. The molecule has 0 spiro atoms. The monoisotopic (exact) mass is 508 g/mol. The number of rotatable bonds is 8. The molecule has 1 amide bonds. The average molecular weight is 509 g/mol. The molecule has 0 aliphatic carbocycles. The van der Waals surface area contributed by atoms with Crippen molar-refractivity contribution in [3.63, 3.8) is 0 Å². The van der Waals surface area contributed by atoms with E-state index >= 15 is 0 Å². The van der Waals surface area contributed by atoms with Crippen molar-refractivity contribution in [3.8, 4) is 17.1 Å². The van der Waals surface area contributed by atoms with E-state index in [9.17, 15) is 14.9 Å². The van der Waals surface area contributed by atoms with E-state index in [2.05, 4.69) is 20.7 Å². The molecule has 0 radical (unpaired) electrons. The van der Waals surface area contributed by atoms with Crippen LogP contribution in [0.15, 0.2) is 107 Å². The van der Waals surface area contributed by atoms with Crippen molar-refractivity contribution < 1.29 is 9.72 Å². The van der Waals surface area contributed by atoms with Crippen LogP contribution in [-0.2, 0) is 4.79 Å². The molecule has 0 bridgehead atoms. The summed E-state index contributed by atoms with van der Waals surface area (Å²) in [6.07, 6.45) is 1.62. The van der Waals surface area contributed by atoms with Gasteiger partial charge in [0, 0.05) is 28.9 Å². The van der Waals surface area contributed by atoms with E-state index in [1.54, 1.807) is 22.9 Å². The molecular formula is C27H20N6O3S.